The minimum Gasteiger partial charge on any atom is -0.367 e. The molecular formula is C15H15N5S. The zero-order valence-corrected chi connectivity index (χ0v) is 12.9. The van der Waals surface area contributed by atoms with Gasteiger partial charge in [-0.3, -0.25) is 0 Å². The van der Waals surface area contributed by atoms with Crippen molar-refractivity contribution < 1.29 is 4.57 Å². The Morgan fingerprint density at radius 1 is 1.19 bits per heavy atom. The standard InChI is InChI=1S/C15H15N5S/c1-10-14(21-11(2)17-10)13-6-7-16-15(19-13)18-12-5-4-8-20(3)9-12/h4-9H,1-3H3. The van der Waals surface area contributed by atoms with Crippen LogP contribution in [0.25, 0.3) is 15.9 Å². The number of nitrogens with zero attached hydrogens (tertiary/aromatic N) is 5. The fourth-order valence-corrected chi connectivity index (χ4v) is 2.94. The molecule has 0 N–H and O–H groups in total. The summed E-state index contributed by atoms with van der Waals surface area (Å²) >= 11 is 1.64. The summed E-state index contributed by atoms with van der Waals surface area (Å²) in [6, 6.07) is 5.77. The molecule has 3 heterocycles. The van der Waals surface area contributed by atoms with Crippen LogP contribution in [-0.4, -0.2) is 15.0 Å². The second-order valence-corrected chi connectivity index (χ2v) is 5.93. The highest BCUT2D eigenvalue weighted by atomic mass is 32.1. The minimum absolute atomic E-state index is 0.462. The van der Waals surface area contributed by atoms with E-state index in [0.717, 1.165) is 27.0 Å². The van der Waals surface area contributed by atoms with Crippen LogP contribution >= 0.6 is 11.3 Å². The van der Waals surface area contributed by atoms with Gasteiger partial charge in [0.1, 0.15) is 7.05 Å². The average molecular weight is 297 g/mol. The van der Waals surface area contributed by atoms with Crippen molar-refractivity contribution in [2.75, 3.05) is 0 Å². The summed E-state index contributed by atoms with van der Waals surface area (Å²) in [5.41, 5.74) is 2.69. The summed E-state index contributed by atoms with van der Waals surface area (Å²) in [7, 11) is 1.96. The average Bonchev–Trinajstić information content (AvgIpc) is 2.78. The Bertz CT molecular complexity index is 781. The van der Waals surface area contributed by atoms with Gasteiger partial charge < -0.3 is 15.3 Å². The normalized spacial score (nSPS) is 10.6. The third-order valence-electron chi connectivity index (χ3n) is 2.93. The van der Waals surface area contributed by atoms with Crippen LogP contribution in [0.1, 0.15) is 10.7 Å². The van der Waals surface area contributed by atoms with Crippen molar-refractivity contribution in [1.82, 2.24) is 15.0 Å². The van der Waals surface area contributed by atoms with Crippen LogP contribution in [0.5, 0.6) is 0 Å². The Morgan fingerprint density at radius 2 is 2.05 bits per heavy atom. The van der Waals surface area contributed by atoms with E-state index in [1.165, 1.54) is 0 Å². The van der Waals surface area contributed by atoms with E-state index >= 15 is 0 Å². The SMILES string of the molecule is Cc1nc(C)c(-c2ccnc([N-]c3ccc[n+](C)c3)n2)s1. The van der Waals surface area contributed by atoms with Crippen LogP contribution in [0.4, 0.5) is 11.6 Å². The molecule has 0 aliphatic rings. The molecule has 0 saturated heterocycles. The molecule has 0 fully saturated rings. The van der Waals surface area contributed by atoms with Crippen molar-refractivity contribution in [1.29, 1.82) is 0 Å². The Kier molecular flexibility index (Phi) is 3.62. The Hall–Kier alpha value is -2.34. The van der Waals surface area contributed by atoms with Crippen molar-refractivity contribution in [2.45, 2.75) is 13.8 Å². The van der Waals surface area contributed by atoms with Gasteiger partial charge in [-0.25, -0.2) is 9.55 Å². The Morgan fingerprint density at radius 3 is 2.76 bits per heavy atom. The lowest BCUT2D eigenvalue weighted by molar-refractivity contribution is -0.670. The first-order chi connectivity index (χ1) is 10.1. The number of aryl methyl sites for hydroxylation is 3. The van der Waals surface area contributed by atoms with E-state index < -0.39 is 0 Å². The van der Waals surface area contributed by atoms with Crippen molar-refractivity contribution in [3.63, 3.8) is 0 Å². The zero-order valence-electron chi connectivity index (χ0n) is 12.1. The van der Waals surface area contributed by atoms with Crippen LogP contribution < -0.4 is 4.57 Å². The number of hydrogen-bond donors (Lipinski definition) is 0. The topological polar surface area (TPSA) is 56.7 Å². The first-order valence-electron chi connectivity index (χ1n) is 6.56. The predicted molar refractivity (Wildman–Crippen MR) is 82.9 cm³/mol. The van der Waals surface area contributed by atoms with Crippen LogP contribution in [-0.2, 0) is 7.05 Å². The maximum absolute atomic E-state index is 4.53. The molecule has 106 valence electrons. The van der Waals surface area contributed by atoms with Crippen LogP contribution in [0.3, 0.4) is 0 Å². The molecule has 6 heteroatoms. The van der Waals surface area contributed by atoms with Gasteiger partial charge in [-0.05, 0) is 32.2 Å². The molecule has 21 heavy (non-hydrogen) atoms. The highest BCUT2D eigenvalue weighted by Crippen LogP contribution is 2.31. The first kappa shape index (κ1) is 13.6. The van der Waals surface area contributed by atoms with E-state index in [-0.39, 0.29) is 0 Å². The quantitative estimate of drug-likeness (QED) is 0.696. The lowest BCUT2D eigenvalue weighted by atomic mass is 10.3. The summed E-state index contributed by atoms with van der Waals surface area (Å²) < 4.78 is 1.94. The van der Waals surface area contributed by atoms with Crippen LogP contribution in [0.2, 0.25) is 0 Å². The molecule has 0 spiro atoms. The van der Waals surface area contributed by atoms with Gasteiger partial charge in [0, 0.05) is 17.7 Å². The molecule has 3 aromatic rings. The number of thiazole rings is 1. The molecule has 0 amide bonds. The van der Waals surface area contributed by atoms with Crippen molar-refractivity contribution in [3.05, 3.63) is 52.8 Å². The molecule has 0 aromatic carbocycles. The van der Waals surface area contributed by atoms with Gasteiger partial charge in [-0.2, -0.15) is 0 Å². The third kappa shape index (κ3) is 3.05. The summed E-state index contributed by atoms with van der Waals surface area (Å²) in [6.45, 7) is 3.99. The highest BCUT2D eigenvalue weighted by Gasteiger charge is 2.06. The Labute approximate surface area is 127 Å². The van der Waals surface area contributed by atoms with Gasteiger partial charge in [-0.15, -0.1) is 11.3 Å². The van der Waals surface area contributed by atoms with Gasteiger partial charge in [0.15, 0.2) is 12.4 Å². The maximum atomic E-state index is 4.53. The molecular weight excluding hydrogens is 282 g/mol. The van der Waals surface area contributed by atoms with E-state index in [4.69, 9.17) is 0 Å². The molecule has 0 bridgehead atoms. The van der Waals surface area contributed by atoms with Crippen molar-refractivity contribution in [2.24, 2.45) is 7.05 Å². The second-order valence-electron chi connectivity index (χ2n) is 4.73. The molecule has 0 unspecified atom stereocenters. The Balaban J connectivity index is 1.92. The van der Waals surface area contributed by atoms with Crippen LogP contribution in [0, 0.1) is 13.8 Å². The minimum atomic E-state index is 0.462. The molecule has 0 saturated carbocycles. The van der Waals surface area contributed by atoms with Gasteiger partial charge >= 0.3 is 0 Å². The fourth-order valence-electron chi connectivity index (χ4n) is 2.05. The smallest absolute Gasteiger partial charge is 0.178 e. The number of pyridine rings is 1. The molecule has 5 nitrogen and oxygen atoms in total. The first-order valence-corrected chi connectivity index (χ1v) is 7.38. The van der Waals surface area contributed by atoms with Crippen LogP contribution in [0.15, 0.2) is 36.8 Å². The van der Waals surface area contributed by atoms with E-state index in [2.05, 4.69) is 20.3 Å². The molecule has 0 aliphatic heterocycles. The molecule has 3 rings (SSSR count). The second kappa shape index (κ2) is 5.57. The van der Waals surface area contributed by atoms with E-state index in [0.29, 0.717) is 5.95 Å². The summed E-state index contributed by atoms with van der Waals surface area (Å²) in [5, 5.41) is 5.50. The highest BCUT2D eigenvalue weighted by molar-refractivity contribution is 7.15. The monoisotopic (exact) mass is 297 g/mol. The van der Waals surface area contributed by atoms with E-state index in [1.54, 1.807) is 17.5 Å². The van der Waals surface area contributed by atoms with E-state index in [9.17, 15) is 0 Å². The number of rotatable bonds is 3. The summed E-state index contributed by atoms with van der Waals surface area (Å²) in [5.74, 6) is 0.462. The van der Waals surface area contributed by atoms with Gasteiger partial charge in [0.05, 0.1) is 21.3 Å². The predicted octanol–water partition coefficient (Wildman–Crippen LogP) is 3.38. The number of aromatic nitrogens is 4. The lowest BCUT2D eigenvalue weighted by Crippen LogP contribution is -2.25. The molecule has 3 aromatic heterocycles. The largest absolute Gasteiger partial charge is 0.367 e. The molecule has 0 aliphatic carbocycles. The van der Waals surface area contributed by atoms with E-state index in [1.807, 2.05) is 56.1 Å². The number of hydrogen-bond acceptors (Lipinski definition) is 4. The third-order valence-corrected chi connectivity index (χ3v) is 4.03. The van der Waals surface area contributed by atoms with Gasteiger partial charge in [-0.1, -0.05) is 0 Å². The zero-order chi connectivity index (χ0) is 14.8. The van der Waals surface area contributed by atoms with Crippen molar-refractivity contribution in [3.8, 4) is 10.6 Å². The molecule has 0 radical (unpaired) electrons. The fraction of sp³-hybridized carbons (Fsp3) is 0.200. The van der Waals surface area contributed by atoms with Gasteiger partial charge in [0.2, 0.25) is 0 Å². The molecule has 0 atom stereocenters. The maximum Gasteiger partial charge on any atom is 0.178 e. The summed E-state index contributed by atoms with van der Waals surface area (Å²) in [4.78, 5) is 14.3. The summed E-state index contributed by atoms with van der Waals surface area (Å²) in [6.07, 6.45) is 5.62. The van der Waals surface area contributed by atoms with Crippen molar-refractivity contribution >= 4 is 23.0 Å². The van der Waals surface area contributed by atoms with Gasteiger partial charge in [0.25, 0.3) is 0 Å². The lowest BCUT2D eigenvalue weighted by Gasteiger charge is -2.13.